The third-order valence-corrected chi connectivity index (χ3v) is 3.98. The number of para-hydroxylation sites is 1. The van der Waals surface area contributed by atoms with Crippen molar-refractivity contribution in [2.45, 2.75) is 31.6 Å². The Hall–Kier alpha value is -1.14. The van der Waals surface area contributed by atoms with Crippen molar-refractivity contribution in [2.24, 2.45) is 5.73 Å². The maximum atomic E-state index is 9.98. The van der Waals surface area contributed by atoms with Crippen LogP contribution in [0.25, 0.3) is 0 Å². The maximum absolute atomic E-state index is 9.98. The molecule has 0 fully saturated rings. The van der Waals surface area contributed by atoms with Gasteiger partial charge in [-0.2, -0.15) is 0 Å². The molecule has 1 unspecified atom stereocenters. The van der Waals surface area contributed by atoms with Crippen LogP contribution < -0.4 is 11.1 Å². The molecule has 0 bridgehead atoms. The maximum Gasteiger partial charge on any atom is 0.183 e. The van der Waals surface area contributed by atoms with Crippen LogP contribution in [0.2, 0.25) is 0 Å². The van der Waals surface area contributed by atoms with Crippen molar-refractivity contribution in [1.82, 2.24) is 5.32 Å². The summed E-state index contributed by atoms with van der Waals surface area (Å²) >= 11 is 0. The smallest absolute Gasteiger partial charge is 0.183 e. The summed E-state index contributed by atoms with van der Waals surface area (Å²) in [4.78, 5) is 0. The van der Waals surface area contributed by atoms with Crippen LogP contribution in [0.5, 0.6) is 5.75 Å². The van der Waals surface area contributed by atoms with Gasteiger partial charge in [-0.15, -0.1) is 0 Å². The fourth-order valence-electron chi connectivity index (χ4n) is 2.31. The van der Waals surface area contributed by atoms with Gasteiger partial charge in [0.1, 0.15) is 5.75 Å². The second-order valence-electron chi connectivity index (χ2n) is 5.21. The highest BCUT2D eigenvalue weighted by molar-refractivity contribution is 5.33. The number of phenolic OH excluding ortho intramolecular Hbond substituents is 1. The van der Waals surface area contributed by atoms with Crippen LogP contribution in [-0.4, -0.2) is 43.7 Å². The molecule has 0 aliphatic rings. The molecule has 5 nitrogen and oxygen atoms in total. The molecule has 0 saturated heterocycles. The number of nitrogens with one attached hydrogen (secondary N) is 1. The van der Waals surface area contributed by atoms with Crippen molar-refractivity contribution in [1.29, 1.82) is 0 Å². The number of aromatic hydroxyl groups is 1. The number of methoxy groups -OCH3 is 2. The van der Waals surface area contributed by atoms with E-state index in [0.717, 1.165) is 5.56 Å². The molecule has 1 atom stereocenters. The molecule has 1 aromatic carbocycles. The average Bonchev–Trinajstić information content (AvgIpc) is 2.46. The lowest BCUT2D eigenvalue weighted by Crippen LogP contribution is -2.63. The molecule has 0 aliphatic heterocycles. The van der Waals surface area contributed by atoms with Crippen LogP contribution in [0.1, 0.15) is 19.4 Å². The average molecular weight is 282 g/mol. The lowest BCUT2D eigenvalue weighted by molar-refractivity contribution is -0.239. The van der Waals surface area contributed by atoms with Crippen LogP contribution in [0.4, 0.5) is 0 Å². The van der Waals surface area contributed by atoms with Gasteiger partial charge in [0.25, 0.3) is 0 Å². The highest BCUT2D eigenvalue weighted by atomic mass is 16.7. The minimum atomic E-state index is -0.843. The Morgan fingerprint density at radius 3 is 2.30 bits per heavy atom. The predicted octanol–water partition coefficient (Wildman–Crippen LogP) is 1.25. The monoisotopic (exact) mass is 282 g/mol. The molecule has 0 aliphatic carbocycles. The first kappa shape index (κ1) is 16.9. The fraction of sp³-hybridized carbons (Fsp3) is 0.600. The molecule has 114 valence electrons. The molecule has 0 radical (unpaired) electrons. The normalized spacial score (nSPS) is 15.1. The summed E-state index contributed by atoms with van der Waals surface area (Å²) in [6.45, 7) is 5.02. The van der Waals surface area contributed by atoms with Gasteiger partial charge >= 0.3 is 0 Å². The summed E-state index contributed by atoms with van der Waals surface area (Å²) in [5.74, 6) is -0.576. The van der Waals surface area contributed by atoms with Gasteiger partial charge in [0.05, 0.1) is 5.54 Å². The molecule has 20 heavy (non-hydrogen) atoms. The van der Waals surface area contributed by atoms with Gasteiger partial charge < -0.3 is 25.6 Å². The van der Waals surface area contributed by atoms with Crippen LogP contribution >= 0.6 is 0 Å². The number of nitrogens with two attached hydrogens (primary N) is 1. The number of ether oxygens (including phenoxy) is 2. The zero-order chi connectivity index (χ0) is 15.2. The summed E-state index contributed by atoms with van der Waals surface area (Å²) in [6, 6.07) is 7.27. The van der Waals surface area contributed by atoms with E-state index in [9.17, 15) is 5.11 Å². The highest BCUT2D eigenvalue weighted by Gasteiger charge is 2.45. The van der Waals surface area contributed by atoms with Gasteiger partial charge in [-0.25, -0.2) is 0 Å². The van der Waals surface area contributed by atoms with Crippen molar-refractivity contribution in [3.8, 4) is 5.75 Å². The standard InChI is InChI=1S/C15H26N2O3/c1-14(17-10-9-16,15(2,19-3)20-4)11-12-7-5-6-8-13(12)18/h5-8,17-18H,9-11,16H2,1-4H3. The number of hydrogen-bond donors (Lipinski definition) is 3. The van der Waals surface area contributed by atoms with Crippen LogP contribution in [0.15, 0.2) is 24.3 Å². The molecule has 0 heterocycles. The molecule has 0 saturated carbocycles. The van der Waals surface area contributed by atoms with E-state index in [0.29, 0.717) is 19.5 Å². The minimum absolute atomic E-state index is 0.267. The largest absolute Gasteiger partial charge is 0.508 e. The van der Waals surface area contributed by atoms with Crippen LogP contribution in [0, 0.1) is 0 Å². The fourth-order valence-corrected chi connectivity index (χ4v) is 2.31. The molecule has 1 aromatic rings. The van der Waals surface area contributed by atoms with E-state index in [4.69, 9.17) is 15.2 Å². The highest BCUT2D eigenvalue weighted by Crippen LogP contribution is 2.32. The predicted molar refractivity (Wildman–Crippen MR) is 79.7 cm³/mol. The van der Waals surface area contributed by atoms with E-state index < -0.39 is 11.3 Å². The quantitative estimate of drug-likeness (QED) is 0.626. The van der Waals surface area contributed by atoms with E-state index in [1.54, 1.807) is 26.4 Å². The van der Waals surface area contributed by atoms with E-state index in [-0.39, 0.29) is 5.75 Å². The number of benzene rings is 1. The number of hydrogen-bond acceptors (Lipinski definition) is 5. The van der Waals surface area contributed by atoms with Crippen molar-refractivity contribution in [3.05, 3.63) is 29.8 Å². The van der Waals surface area contributed by atoms with Crippen LogP contribution in [0.3, 0.4) is 0 Å². The zero-order valence-corrected chi connectivity index (χ0v) is 12.8. The van der Waals surface area contributed by atoms with E-state index in [1.165, 1.54) is 0 Å². The molecule has 4 N–H and O–H groups in total. The zero-order valence-electron chi connectivity index (χ0n) is 12.8. The van der Waals surface area contributed by atoms with E-state index >= 15 is 0 Å². The van der Waals surface area contributed by atoms with Gasteiger partial charge in [-0.05, 0) is 31.9 Å². The van der Waals surface area contributed by atoms with Crippen molar-refractivity contribution in [3.63, 3.8) is 0 Å². The summed E-state index contributed by atoms with van der Waals surface area (Å²) < 4.78 is 11.1. The lowest BCUT2D eigenvalue weighted by Gasteiger charge is -2.45. The molecule has 0 aromatic heterocycles. The second-order valence-corrected chi connectivity index (χ2v) is 5.21. The first-order valence-electron chi connectivity index (χ1n) is 6.74. The van der Waals surface area contributed by atoms with Gasteiger partial charge in [0.15, 0.2) is 5.79 Å². The van der Waals surface area contributed by atoms with Gasteiger partial charge in [-0.1, -0.05) is 18.2 Å². The van der Waals surface area contributed by atoms with Gasteiger partial charge in [0, 0.05) is 27.3 Å². The Morgan fingerprint density at radius 2 is 1.80 bits per heavy atom. The summed E-state index contributed by atoms with van der Waals surface area (Å²) in [5.41, 5.74) is 5.89. The molecule has 5 heteroatoms. The SMILES string of the molecule is COC(C)(OC)C(C)(Cc1ccccc1O)NCCN. The third-order valence-electron chi connectivity index (χ3n) is 3.98. The summed E-state index contributed by atoms with van der Waals surface area (Å²) in [5, 5.41) is 13.4. The summed E-state index contributed by atoms with van der Waals surface area (Å²) in [7, 11) is 3.22. The Kier molecular flexibility index (Phi) is 5.95. The molecule has 1 rings (SSSR count). The van der Waals surface area contributed by atoms with Crippen LogP contribution in [-0.2, 0) is 15.9 Å². The molecular weight excluding hydrogens is 256 g/mol. The number of rotatable bonds is 8. The van der Waals surface area contributed by atoms with E-state index in [1.807, 2.05) is 26.0 Å². The van der Waals surface area contributed by atoms with Gasteiger partial charge in [-0.3, -0.25) is 0 Å². The third kappa shape index (κ3) is 3.49. The second kappa shape index (κ2) is 7.04. The first-order chi connectivity index (χ1) is 9.42. The lowest BCUT2D eigenvalue weighted by atomic mass is 9.84. The van der Waals surface area contributed by atoms with Gasteiger partial charge in [0.2, 0.25) is 0 Å². The Balaban J connectivity index is 3.08. The first-order valence-corrected chi connectivity index (χ1v) is 6.74. The van der Waals surface area contributed by atoms with Crippen molar-refractivity contribution in [2.75, 3.05) is 27.3 Å². The minimum Gasteiger partial charge on any atom is -0.508 e. The molecule has 0 spiro atoms. The van der Waals surface area contributed by atoms with Crippen molar-refractivity contribution < 1.29 is 14.6 Å². The van der Waals surface area contributed by atoms with E-state index in [2.05, 4.69) is 5.32 Å². The topological polar surface area (TPSA) is 76.7 Å². The summed E-state index contributed by atoms with van der Waals surface area (Å²) in [6.07, 6.45) is 0.553. The molecular formula is C15H26N2O3. The van der Waals surface area contributed by atoms with Crippen molar-refractivity contribution >= 4 is 0 Å². The number of phenols is 1. The Morgan fingerprint density at radius 1 is 1.20 bits per heavy atom. The molecule has 0 amide bonds. The Bertz CT molecular complexity index is 421. The Labute approximate surface area is 121 Å².